The molecule has 2 fully saturated rings. The quantitative estimate of drug-likeness (QED) is 0.549. The first-order valence-corrected chi connectivity index (χ1v) is 12.2. The fraction of sp³-hybridized carbons (Fsp3) is 0.920. The van der Waals surface area contributed by atoms with E-state index < -0.39 is 6.04 Å². The average molecular weight is 424 g/mol. The lowest BCUT2D eigenvalue weighted by molar-refractivity contribution is -0.159. The van der Waals surface area contributed by atoms with Crippen LogP contribution in [0.2, 0.25) is 0 Å². The molecule has 6 unspecified atom stereocenters. The molecule has 5 nitrogen and oxygen atoms in total. The van der Waals surface area contributed by atoms with Crippen molar-refractivity contribution in [1.29, 1.82) is 0 Å². The summed E-state index contributed by atoms with van der Waals surface area (Å²) >= 11 is 0. The molecule has 2 rings (SSSR count). The molecule has 174 valence electrons. The zero-order chi connectivity index (χ0) is 22.4. The molecule has 2 N–H and O–H groups in total. The number of rotatable bonds is 8. The highest BCUT2D eigenvalue weighted by Crippen LogP contribution is 2.36. The normalized spacial score (nSPS) is 33.4. The lowest BCUT2D eigenvalue weighted by atomic mass is 9.75. The van der Waals surface area contributed by atoms with E-state index in [1.54, 1.807) is 0 Å². The van der Waals surface area contributed by atoms with Crippen LogP contribution in [0.25, 0.3) is 0 Å². The molecule has 0 heterocycles. The molecule has 2 saturated carbocycles. The van der Waals surface area contributed by atoms with Crippen molar-refractivity contribution < 1.29 is 19.1 Å². The van der Waals surface area contributed by atoms with Gasteiger partial charge < -0.3 is 15.2 Å². The van der Waals surface area contributed by atoms with Crippen LogP contribution in [-0.2, 0) is 19.1 Å². The monoisotopic (exact) mass is 423 g/mol. The van der Waals surface area contributed by atoms with E-state index in [4.69, 9.17) is 15.2 Å². The molecule has 2 aliphatic rings. The zero-order valence-corrected chi connectivity index (χ0v) is 20.1. The Balaban J connectivity index is 1.81. The maximum atomic E-state index is 12.6. The fourth-order valence-corrected chi connectivity index (χ4v) is 5.36. The lowest BCUT2D eigenvalue weighted by Gasteiger charge is -2.37. The first kappa shape index (κ1) is 25.2. The summed E-state index contributed by atoms with van der Waals surface area (Å²) in [4.78, 5) is 25.0. The molecule has 2 aliphatic carbocycles. The Kier molecular flexibility index (Phi) is 9.65. The van der Waals surface area contributed by atoms with Crippen molar-refractivity contribution in [3.63, 3.8) is 0 Å². The van der Waals surface area contributed by atoms with E-state index in [0.29, 0.717) is 35.5 Å². The summed E-state index contributed by atoms with van der Waals surface area (Å²) in [6.07, 6.45) is 6.79. The molecule has 0 radical (unpaired) electrons. The maximum absolute atomic E-state index is 12.6. The molecule has 0 aromatic rings. The molecule has 0 aliphatic heterocycles. The Morgan fingerprint density at radius 1 is 0.833 bits per heavy atom. The van der Waals surface area contributed by atoms with Crippen molar-refractivity contribution in [1.82, 2.24) is 0 Å². The lowest BCUT2D eigenvalue weighted by Crippen LogP contribution is -2.41. The molecule has 0 spiro atoms. The van der Waals surface area contributed by atoms with Crippen LogP contribution in [0.1, 0.15) is 92.9 Å². The van der Waals surface area contributed by atoms with Crippen LogP contribution in [0.3, 0.4) is 0 Å². The van der Waals surface area contributed by atoms with E-state index in [2.05, 4.69) is 41.5 Å². The van der Waals surface area contributed by atoms with E-state index in [9.17, 15) is 9.59 Å². The summed E-state index contributed by atoms with van der Waals surface area (Å²) in [5.74, 6) is 2.33. The van der Waals surface area contributed by atoms with Gasteiger partial charge in [-0.15, -0.1) is 0 Å². The van der Waals surface area contributed by atoms with Crippen LogP contribution in [-0.4, -0.2) is 30.2 Å². The second kappa shape index (κ2) is 11.5. The van der Waals surface area contributed by atoms with Gasteiger partial charge in [-0.05, 0) is 67.6 Å². The average Bonchev–Trinajstić information content (AvgIpc) is 2.65. The van der Waals surface area contributed by atoms with Crippen molar-refractivity contribution in [2.45, 2.75) is 111 Å². The van der Waals surface area contributed by atoms with Gasteiger partial charge in [-0.1, -0.05) is 54.4 Å². The van der Waals surface area contributed by atoms with Gasteiger partial charge in [-0.2, -0.15) is 0 Å². The van der Waals surface area contributed by atoms with Gasteiger partial charge in [0.2, 0.25) is 0 Å². The Bertz CT molecular complexity index is 561. The molecule has 5 heteroatoms. The third kappa shape index (κ3) is 7.25. The van der Waals surface area contributed by atoms with Gasteiger partial charge in [0.15, 0.2) is 0 Å². The molecule has 0 bridgehead atoms. The van der Waals surface area contributed by atoms with Crippen LogP contribution in [0.5, 0.6) is 0 Å². The summed E-state index contributed by atoms with van der Waals surface area (Å²) in [6.45, 7) is 13.2. The number of hydrogen-bond acceptors (Lipinski definition) is 5. The van der Waals surface area contributed by atoms with Gasteiger partial charge in [-0.3, -0.25) is 9.59 Å². The number of esters is 2. The molecule has 0 aromatic carbocycles. The number of carbonyl (C=O) groups is 2. The standard InChI is InChI=1S/C25H45NO4/c1-15(2)19-9-7-17(5)13-22(19)29-24(27)12-11-21(26)25(28)30-23-14-18(6)8-10-20(23)16(3)4/h15-23H,7-14,26H2,1-6H3/t17?,18?,19?,20?,21-,22?,23?/m0/s1. The minimum Gasteiger partial charge on any atom is -0.462 e. The van der Waals surface area contributed by atoms with Crippen molar-refractivity contribution in [2.75, 3.05) is 0 Å². The predicted molar refractivity (Wildman–Crippen MR) is 120 cm³/mol. The highest BCUT2D eigenvalue weighted by atomic mass is 16.5. The SMILES string of the molecule is CC1CCC(C(C)C)C(OC(=O)CC[C@H](N)C(=O)OC2CC(C)CCC2C(C)C)C1. The molecular formula is C25H45NO4. The molecule has 0 aromatic heterocycles. The summed E-state index contributed by atoms with van der Waals surface area (Å²) in [5.41, 5.74) is 6.09. The maximum Gasteiger partial charge on any atom is 0.323 e. The zero-order valence-electron chi connectivity index (χ0n) is 20.1. The number of ether oxygens (including phenoxy) is 2. The second-order valence-corrected chi connectivity index (χ2v) is 10.8. The predicted octanol–water partition coefficient (Wildman–Crippen LogP) is 5.10. The smallest absolute Gasteiger partial charge is 0.323 e. The van der Waals surface area contributed by atoms with Gasteiger partial charge in [0, 0.05) is 6.42 Å². The topological polar surface area (TPSA) is 78.6 Å². The van der Waals surface area contributed by atoms with Gasteiger partial charge in [0.25, 0.3) is 0 Å². The Morgan fingerprint density at radius 2 is 1.30 bits per heavy atom. The van der Waals surface area contributed by atoms with E-state index in [0.717, 1.165) is 25.7 Å². The third-order valence-electron chi connectivity index (χ3n) is 7.44. The minimum absolute atomic E-state index is 0.0139. The molecule has 30 heavy (non-hydrogen) atoms. The number of hydrogen-bond donors (Lipinski definition) is 1. The van der Waals surface area contributed by atoms with Crippen LogP contribution < -0.4 is 5.73 Å². The summed E-state index contributed by atoms with van der Waals surface area (Å²) < 4.78 is 11.7. The van der Waals surface area contributed by atoms with Gasteiger partial charge in [0.05, 0.1) is 0 Å². The molecule has 0 amide bonds. The fourth-order valence-electron chi connectivity index (χ4n) is 5.36. The highest BCUT2D eigenvalue weighted by Gasteiger charge is 2.35. The Labute approximate surface area is 183 Å². The van der Waals surface area contributed by atoms with Crippen molar-refractivity contribution in [3.8, 4) is 0 Å². The first-order chi connectivity index (χ1) is 14.1. The van der Waals surface area contributed by atoms with E-state index in [-0.39, 0.29) is 37.0 Å². The minimum atomic E-state index is -0.770. The van der Waals surface area contributed by atoms with Crippen molar-refractivity contribution >= 4 is 11.9 Å². The Morgan fingerprint density at radius 3 is 1.77 bits per heavy atom. The number of nitrogens with two attached hydrogens (primary N) is 1. The van der Waals surface area contributed by atoms with E-state index in [1.165, 1.54) is 12.8 Å². The molecule has 7 atom stereocenters. The second-order valence-electron chi connectivity index (χ2n) is 10.8. The van der Waals surface area contributed by atoms with Crippen LogP contribution in [0, 0.1) is 35.5 Å². The molecule has 0 saturated heterocycles. The summed E-state index contributed by atoms with van der Waals surface area (Å²) in [7, 11) is 0. The van der Waals surface area contributed by atoms with E-state index in [1.807, 2.05) is 0 Å². The van der Waals surface area contributed by atoms with Crippen molar-refractivity contribution in [2.24, 2.45) is 41.2 Å². The van der Waals surface area contributed by atoms with E-state index >= 15 is 0 Å². The van der Waals surface area contributed by atoms with Crippen molar-refractivity contribution in [3.05, 3.63) is 0 Å². The first-order valence-electron chi connectivity index (χ1n) is 12.2. The largest absolute Gasteiger partial charge is 0.462 e. The summed E-state index contributed by atoms with van der Waals surface area (Å²) in [5, 5.41) is 0. The van der Waals surface area contributed by atoms with Gasteiger partial charge in [-0.25, -0.2) is 0 Å². The van der Waals surface area contributed by atoms with Gasteiger partial charge >= 0.3 is 11.9 Å². The molecular weight excluding hydrogens is 378 g/mol. The number of carbonyl (C=O) groups excluding carboxylic acids is 2. The van der Waals surface area contributed by atoms with Crippen LogP contribution in [0.4, 0.5) is 0 Å². The van der Waals surface area contributed by atoms with Crippen LogP contribution >= 0.6 is 0 Å². The van der Waals surface area contributed by atoms with Gasteiger partial charge in [0.1, 0.15) is 18.2 Å². The summed E-state index contributed by atoms with van der Waals surface area (Å²) in [6, 6.07) is -0.770. The highest BCUT2D eigenvalue weighted by molar-refractivity contribution is 5.77. The Hall–Kier alpha value is -1.10. The van der Waals surface area contributed by atoms with Crippen LogP contribution in [0.15, 0.2) is 0 Å². The third-order valence-corrected chi connectivity index (χ3v) is 7.44.